The van der Waals surface area contributed by atoms with Crippen LogP contribution in [0.4, 0.5) is 0 Å². The summed E-state index contributed by atoms with van der Waals surface area (Å²) in [6.45, 7) is 0. The minimum Gasteiger partial charge on any atom is -0.464 e. The number of imidazole rings is 1. The molecule has 40 heavy (non-hydrogen) atoms. The summed E-state index contributed by atoms with van der Waals surface area (Å²) in [4.78, 5) is 5.12. The highest BCUT2D eigenvalue weighted by atomic mass is 16.3. The molecule has 0 spiro atoms. The molecule has 0 saturated carbocycles. The fourth-order valence-electron chi connectivity index (χ4n) is 5.75. The summed E-state index contributed by atoms with van der Waals surface area (Å²) in [5.41, 5.74) is 9.63. The van der Waals surface area contributed by atoms with E-state index in [0.29, 0.717) is 0 Å². The van der Waals surface area contributed by atoms with E-state index in [1.54, 1.807) is 0 Å². The molecular weight excluding hydrogens is 488 g/mol. The molecule has 8 rings (SSSR count). The molecular formula is C37H24N2O. The van der Waals surface area contributed by atoms with Crippen molar-refractivity contribution in [3.8, 4) is 39.3 Å². The minimum absolute atomic E-state index is 0.844. The van der Waals surface area contributed by atoms with E-state index in [2.05, 4.69) is 132 Å². The van der Waals surface area contributed by atoms with Gasteiger partial charge in [-0.05, 0) is 69.4 Å². The molecule has 0 saturated heterocycles. The van der Waals surface area contributed by atoms with Gasteiger partial charge < -0.3 is 4.42 Å². The number of hydrogen-bond acceptors (Lipinski definition) is 2. The lowest BCUT2D eigenvalue weighted by molar-refractivity contribution is 0.616. The first-order valence-electron chi connectivity index (χ1n) is 13.5. The topological polar surface area (TPSA) is 31.0 Å². The van der Waals surface area contributed by atoms with Gasteiger partial charge in [-0.2, -0.15) is 0 Å². The Morgan fingerprint density at radius 3 is 2.15 bits per heavy atom. The molecule has 0 radical (unpaired) electrons. The molecule has 6 aromatic carbocycles. The first kappa shape index (κ1) is 22.6. The number of benzene rings is 6. The van der Waals surface area contributed by atoms with Crippen LogP contribution in [0.5, 0.6) is 0 Å². The number of rotatable bonds is 4. The van der Waals surface area contributed by atoms with Gasteiger partial charge in [0.25, 0.3) is 0 Å². The van der Waals surface area contributed by atoms with Crippen LogP contribution in [-0.4, -0.2) is 9.55 Å². The molecule has 0 fully saturated rings. The highest BCUT2D eigenvalue weighted by Crippen LogP contribution is 2.38. The summed E-state index contributed by atoms with van der Waals surface area (Å²) in [7, 11) is 0. The van der Waals surface area contributed by atoms with E-state index in [0.717, 1.165) is 44.6 Å². The molecule has 8 aromatic rings. The van der Waals surface area contributed by atoms with Crippen molar-refractivity contribution in [3.63, 3.8) is 0 Å². The third-order valence-corrected chi connectivity index (χ3v) is 7.71. The van der Waals surface area contributed by atoms with Crippen LogP contribution in [-0.2, 0) is 0 Å². The number of aromatic nitrogens is 2. The Hall–Kier alpha value is -5.41. The lowest BCUT2D eigenvalue weighted by atomic mass is 9.97. The maximum absolute atomic E-state index is 6.09. The number of fused-ring (bicyclic) bond motifs is 3. The van der Waals surface area contributed by atoms with Gasteiger partial charge in [0, 0.05) is 11.1 Å². The Kier molecular flexibility index (Phi) is 5.14. The normalized spacial score (nSPS) is 11.5. The van der Waals surface area contributed by atoms with Gasteiger partial charge in [0.05, 0.1) is 16.6 Å². The molecule has 0 amide bonds. The van der Waals surface area contributed by atoms with Crippen molar-refractivity contribution in [1.82, 2.24) is 9.55 Å². The highest BCUT2D eigenvalue weighted by Gasteiger charge is 2.19. The fraction of sp³-hybridized carbons (Fsp3) is 0. The zero-order valence-corrected chi connectivity index (χ0v) is 21.7. The zero-order valence-electron chi connectivity index (χ0n) is 21.7. The third kappa shape index (κ3) is 3.63. The molecule has 0 aliphatic rings. The van der Waals surface area contributed by atoms with E-state index in [4.69, 9.17) is 9.40 Å². The van der Waals surface area contributed by atoms with Crippen LogP contribution in [0.2, 0.25) is 0 Å². The van der Waals surface area contributed by atoms with E-state index >= 15 is 0 Å². The van der Waals surface area contributed by atoms with Crippen LogP contribution in [0.3, 0.4) is 0 Å². The highest BCUT2D eigenvalue weighted by molar-refractivity contribution is 6.01. The van der Waals surface area contributed by atoms with Crippen molar-refractivity contribution in [2.45, 2.75) is 0 Å². The first-order chi connectivity index (χ1) is 19.8. The second-order valence-electron chi connectivity index (χ2n) is 10.1. The van der Waals surface area contributed by atoms with Gasteiger partial charge in [0.15, 0.2) is 0 Å². The molecule has 0 bridgehead atoms. The van der Waals surface area contributed by atoms with E-state index < -0.39 is 0 Å². The number of hydrogen-bond donors (Lipinski definition) is 0. The maximum atomic E-state index is 6.09. The van der Waals surface area contributed by atoms with Gasteiger partial charge in [-0.25, -0.2) is 4.98 Å². The van der Waals surface area contributed by atoms with Gasteiger partial charge in [0.1, 0.15) is 17.7 Å². The van der Waals surface area contributed by atoms with E-state index in [-0.39, 0.29) is 0 Å². The van der Waals surface area contributed by atoms with Crippen LogP contribution in [0.15, 0.2) is 150 Å². The number of nitrogens with zero attached hydrogens (tertiary/aromatic N) is 2. The monoisotopic (exact) mass is 512 g/mol. The Morgan fingerprint density at radius 2 is 1.25 bits per heavy atom. The Morgan fingerprint density at radius 1 is 0.525 bits per heavy atom. The van der Waals surface area contributed by atoms with Crippen molar-refractivity contribution in [2.75, 3.05) is 0 Å². The van der Waals surface area contributed by atoms with Gasteiger partial charge in [-0.1, -0.05) is 103 Å². The molecule has 2 aromatic heterocycles. The predicted octanol–water partition coefficient (Wildman–Crippen LogP) is 9.93. The Bertz CT molecular complexity index is 2150. The van der Waals surface area contributed by atoms with Crippen LogP contribution >= 0.6 is 0 Å². The molecule has 0 N–H and O–H groups in total. The van der Waals surface area contributed by atoms with Gasteiger partial charge in [-0.15, -0.1) is 0 Å². The SMILES string of the molecule is c1ccc(-c2ccc(-n3c(-c4coc5ccc(-c6cccc7ccccc67)cc45)nc4ccccc43)cc2)cc1. The molecule has 3 nitrogen and oxygen atoms in total. The summed E-state index contributed by atoms with van der Waals surface area (Å²) < 4.78 is 8.33. The van der Waals surface area contributed by atoms with Crippen molar-refractivity contribution in [2.24, 2.45) is 0 Å². The van der Waals surface area contributed by atoms with E-state index in [1.165, 1.54) is 27.5 Å². The second-order valence-corrected chi connectivity index (χ2v) is 10.1. The summed E-state index contributed by atoms with van der Waals surface area (Å²) in [5.74, 6) is 0.863. The lowest BCUT2D eigenvalue weighted by Gasteiger charge is -2.11. The molecule has 3 heteroatoms. The third-order valence-electron chi connectivity index (χ3n) is 7.71. The van der Waals surface area contributed by atoms with Gasteiger partial charge >= 0.3 is 0 Å². The van der Waals surface area contributed by atoms with Crippen LogP contribution in [0.25, 0.3) is 72.1 Å². The Labute approximate surface area is 231 Å². The average Bonchev–Trinajstić information content (AvgIpc) is 3.62. The van der Waals surface area contributed by atoms with E-state index in [9.17, 15) is 0 Å². The average molecular weight is 513 g/mol. The van der Waals surface area contributed by atoms with Crippen molar-refractivity contribution < 1.29 is 4.42 Å². The smallest absolute Gasteiger partial charge is 0.149 e. The lowest BCUT2D eigenvalue weighted by Crippen LogP contribution is -1.97. The summed E-state index contributed by atoms with van der Waals surface area (Å²) >= 11 is 0. The zero-order chi connectivity index (χ0) is 26.5. The maximum Gasteiger partial charge on any atom is 0.149 e. The van der Waals surface area contributed by atoms with Gasteiger partial charge in [-0.3, -0.25) is 4.57 Å². The minimum atomic E-state index is 0.844. The molecule has 0 aliphatic heterocycles. The van der Waals surface area contributed by atoms with Crippen molar-refractivity contribution in [1.29, 1.82) is 0 Å². The number of para-hydroxylation sites is 2. The summed E-state index contributed by atoms with van der Waals surface area (Å²) in [5, 5.41) is 3.51. The van der Waals surface area contributed by atoms with E-state index in [1.807, 2.05) is 18.4 Å². The Balaban J connectivity index is 1.31. The van der Waals surface area contributed by atoms with Crippen molar-refractivity contribution >= 4 is 32.8 Å². The molecule has 0 aliphatic carbocycles. The first-order valence-corrected chi connectivity index (χ1v) is 13.5. The quantitative estimate of drug-likeness (QED) is 0.235. The van der Waals surface area contributed by atoms with Crippen molar-refractivity contribution in [3.05, 3.63) is 146 Å². The molecule has 0 unspecified atom stereocenters. The van der Waals surface area contributed by atoms with Crippen LogP contribution in [0, 0.1) is 0 Å². The summed E-state index contributed by atoms with van der Waals surface area (Å²) in [6.07, 6.45) is 1.84. The fourth-order valence-corrected chi connectivity index (χ4v) is 5.75. The van der Waals surface area contributed by atoms with Crippen LogP contribution < -0.4 is 0 Å². The van der Waals surface area contributed by atoms with Gasteiger partial charge in [0.2, 0.25) is 0 Å². The standard InChI is InChI=1S/C37H24N2O/c1-2-9-25(10-3-1)26-17-20-29(21-18-26)39-35-16-7-6-15-34(35)38-37(39)33-24-40-36-22-19-28(23-32(33)36)31-14-8-12-27-11-4-5-13-30(27)31/h1-24H. The molecule has 2 heterocycles. The molecule has 0 atom stereocenters. The summed E-state index contributed by atoms with van der Waals surface area (Å²) in [6, 6.07) is 48.9. The largest absolute Gasteiger partial charge is 0.464 e. The molecule has 188 valence electrons. The second kappa shape index (κ2) is 9.11. The predicted molar refractivity (Wildman–Crippen MR) is 165 cm³/mol. The number of furan rings is 1. The van der Waals surface area contributed by atoms with Crippen LogP contribution in [0.1, 0.15) is 0 Å².